The predicted octanol–water partition coefficient (Wildman–Crippen LogP) is 3.70. The fraction of sp³-hybridized carbons (Fsp3) is 0.227. The van der Waals surface area contributed by atoms with Crippen LogP contribution in [-0.2, 0) is 11.2 Å². The van der Waals surface area contributed by atoms with Gasteiger partial charge in [-0.3, -0.25) is 14.6 Å². The van der Waals surface area contributed by atoms with Gasteiger partial charge in [-0.05, 0) is 31.2 Å². The number of nitrogens with zero attached hydrogens (tertiary/aromatic N) is 1. The average Bonchev–Trinajstić information content (AvgIpc) is 3.08. The third-order valence-electron chi connectivity index (χ3n) is 4.97. The Morgan fingerprint density at radius 3 is 2.61 bits per heavy atom. The van der Waals surface area contributed by atoms with Crippen LogP contribution in [0, 0.1) is 5.92 Å². The maximum Gasteiger partial charge on any atom is 0.223 e. The van der Waals surface area contributed by atoms with Crippen molar-refractivity contribution < 1.29 is 9.59 Å². The van der Waals surface area contributed by atoms with Gasteiger partial charge < -0.3 is 15.6 Å². The maximum atomic E-state index is 13.0. The summed E-state index contributed by atoms with van der Waals surface area (Å²) in [6, 6.07) is 13.6. The third kappa shape index (κ3) is 3.41. The van der Waals surface area contributed by atoms with E-state index < -0.39 is 0 Å². The quantitative estimate of drug-likeness (QED) is 0.635. The van der Waals surface area contributed by atoms with E-state index in [2.05, 4.69) is 20.6 Å². The molecule has 1 aromatic carbocycles. The summed E-state index contributed by atoms with van der Waals surface area (Å²) in [6.45, 7) is 2.44. The number of ketones is 1. The second kappa shape index (κ2) is 7.68. The van der Waals surface area contributed by atoms with E-state index >= 15 is 0 Å². The van der Waals surface area contributed by atoms with Crippen LogP contribution in [0.4, 0.5) is 11.4 Å². The van der Waals surface area contributed by atoms with Crippen molar-refractivity contribution in [1.29, 1.82) is 0 Å². The van der Waals surface area contributed by atoms with Gasteiger partial charge >= 0.3 is 0 Å². The largest absolute Gasteiger partial charge is 0.356 e. The number of benzene rings is 1. The summed E-state index contributed by atoms with van der Waals surface area (Å²) >= 11 is 0. The second-order valence-corrected chi connectivity index (χ2v) is 6.88. The van der Waals surface area contributed by atoms with Crippen molar-refractivity contribution in [2.24, 2.45) is 5.92 Å². The van der Waals surface area contributed by atoms with Gasteiger partial charge in [0.2, 0.25) is 5.91 Å². The molecule has 0 radical (unpaired) electrons. The molecule has 0 fully saturated rings. The van der Waals surface area contributed by atoms with Gasteiger partial charge in [-0.15, -0.1) is 0 Å². The summed E-state index contributed by atoms with van der Waals surface area (Å²) < 4.78 is 0. The molecule has 1 aliphatic carbocycles. The molecule has 0 saturated carbocycles. The van der Waals surface area contributed by atoms with Crippen molar-refractivity contribution >= 4 is 23.1 Å². The number of carbonyl (C=O) groups excluding carboxylic acids is 2. The first-order chi connectivity index (χ1) is 13.7. The number of aromatic nitrogens is 2. The molecule has 2 heterocycles. The lowest BCUT2D eigenvalue weighted by molar-refractivity contribution is -0.124. The molecule has 4 rings (SSSR count). The number of amides is 1. The lowest BCUT2D eigenvalue weighted by Crippen LogP contribution is -2.35. The van der Waals surface area contributed by atoms with Crippen LogP contribution in [0.25, 0.3) is 11.3 Å². The van der Waals surface area contributed by atoms with E-state index in [-0.39, 0.29) is 24.0 Å². The van der Waals surface area contributed by atoms with E-state index in [1.165, 1.54) is 0 Å². The molecule has 0 aliphatic heterocycles. The Kier molecular flexibility index (Phi) is 4.93. The van der Waals surface area contributed by atoms with E-state index in [0.717, 1.165) is 28.3 Å². The summed E-state index contributed by atoms with van der Waals surface area (Å²) in [5, 5.41) is 6.24. The molecule has 0 saturated heterocycles. The van der Waals surface area contributed by atoms with Crippen LogP contribution < -0.4 is 10.6 Å². The molecular weight excluding hydrogens is 352 g/mol. The highest BCUT2D eigenvalue weighted by molar-refractivity contribution is 6.09. The van der Waals surface area contributed by atoms with Crippen molar-refractivity contribution in [3.63, 3.8) is 0 Å². The Bertz CT molecular complexity index is 996. The molecule has 1 atom stereocenters. The van der Waals surface area contributed by atoms with Gasteiger partial charge in [0, 0.05) is 48.7 Å². The number of nitrogens with one attached hydrogen (secondary N) is 3. The molecule has 1 amide bonds. The Balaban J connectivity index is 1.78. The number of H-pyrrole nitrogens is 1. The number of pyridine rings is 1. The first-order valence-corrected chi connectivity index (χ1v) is 9.45. The summed E-state index contributed by atoms with van der Waals surface area (Å²) in [5.41, 5.74) is 4.88. The van der Waals surface area contributed by atoms with E-state index in [0.29, 0.717) is 18.5 Å². The summed E-state index contributed by atoms with van der Waals surface area (Å²) in [7, 11) is 0. The molecule has 1 aliphatic rings. The van der Waals surface area contributed by atoms with Crippen molar-refractivity contribution in [3.05, 3.63) is 66.1 Å². The van der Waals surface area contributed by atoms with Crippen LogP contribution >= 0.6 is 0 Å². The zero-order valence-corrected chi connectivity index (χ0v) is 15.7. The third-order valence-corrected chi connectivity index (χ3v) is 4.97. The van der Waals surface area contributed by atoms with Crippen molar-refractivity contribution in [3.8, 4) is 11.3 Å². The first-order valence-electron chi connectivity index (χ1n) is 9.45. The molecule has 0 spiro atoms. The Labute approximate surface area is 163 Å². The van der Waals surface area contributed by atoms with Crippen LogP contribution in [0.3, 0.4) is 0 Å². The highest BCUT2D eigenvalue weighted by Crippen LogP contribution is 2.39. The minimum Gasteiger partial charge on any atom is -0.356 e. The summed E-state index contributed by atoms with van der Waals surface area (Å²) in [4.78, 5) is 32.8. The molecule has 3 aromatic rings. The number of para-hydroxylation sites is 1. The van der Waals surface area contributed by atoms with Crippen LogP contribution in [0.5, 0.6) is 0 Å². The number of aromatic amines is 1. The minimum absolute atomic E-state index is 0.0208. The number of hydrogen-bond acceptors (Lipinski definition) is 4. The van der Waals surface area contributed by atoms with E-state index in [9.17, 15) is 9.59 Å². The molecule has 6 heteroatoms. The van der Waals surface area contributed by atoms with Crippen molar-refractivity contribution in [1.82, 2.24) is 15.3 Å². The minimum atomic E-state index is -0.339. The Morgan fingerprint density at radius 2 is 1.89 bits per heavy atom. The molecule has 142 valence electrons. The summed E-state index contributed by atoms with van der Waals surface area (Å²) in [5.74, 6) is -0.430. The zero-order chi connectivity index (χ0) is 19.5. The Hall–Kier alpha value is -3.41. The van der Waals surface area contributed by atoms with Gasteiger partial charge in [0.25, 0.3) is 0 Å². The lowest BCUT2D eigenvalue weighted by atomic mass is 9.85. The molecule has 6 nitrogen and oxygen atoms in total. The number of anilines is 2. The van der Waals surface area contributed by atoms with Crippen molar-refractivity contribution in [2.75, 3.05) is 11.9 Å². The van der Waals surface area contributed by atoms with E-state index in [4.69, 9.17) is 0 Å². The van der Waals surface area contributed by atoms with Gasteiger partial charge in [0.15, 0.2) is 5.78 Å². The van der Waals surface area contributed by atoms with E-state index in [1.54, 1.807) is 12.4 Å². The van der Waals surface area contributed by atoms with Crippen molar-refractivity contribution in [2.45, 2.75) is 19.8 Å². The molecule has 1 unspecified atom stereocenters. The predicted molar refractivity (Wildman–Crippen MR) is 109 cm³/mol. The van der Waals surface area contributed by atoms with Crippen LogP contribution in [-0.4, -0.2) is 28.2 Å². The van der Waals surface area contributed by atoms with Crippen LogP contribution in [0.1, 0.15) is 29.4 Å². The smallest absolute Gasteiger partial charge is 0.223 e. The first kappa shape index (κ1) is 18.0. The molecule has 2 aromatic heterocycles. The van der Waals surface area contributed by atoms with Gasteiger partial charge in [-0.2, -0.15) is 0 Å². The number of rotatable bonds is 5. The SMILES string of the molecule is CCNC(=O)C1CC(=O)c2c([nH]c(-c3ccncc3)c2Nc2ccccc2)C1. The lowest BCUT2D eigenvalue weighted by Gasteiger charge is -2.21. The summed E-state index contributed by atoms with van der Waals surface area (Å²) in [6.07, 6.45) is 4.18. The van der Waals surface area contributed by atoms with Crippen LogP contribution in [0.15, 0.2) is 54.9 Å². The highest BCUT2D eigenvalue weighted by Gasteiger charge is 2.34. The number of fused-ring (bicyclic) bond motifs is 1. The molecule has 28 heavy (non-hydrogen) atoms. The second-order valence-electron chi connectivity index (χ2n) is 6.88. The fourth-order valence-electron chi connectivity index (χ4n) is 3.69. The van der Waals surface area contributed by atoms with E-state index in [1.807, 2.05) is 49.4 Å². The molecular formula is C22H22N4O2. The molecule has 3 N–H and O–H groups in total. The van der Waals surface area contributed by atoms with Crippen LogP contribution in [0.2, 0.25) is 0 Å². The van der Waals surface area contributed by atoms with Gasteiger partial charge in [-0.1, -0.05) is 18.2 Å². The molecule has 0 bridgehead atoms. The average molecular weight is 374 g/mol. The fourth-order valence-corrected chi connectivity index (χ4v) is 3.69. The zero-order valence-electron chi connectivity index (χ0n) is 15.7. The number of Topliss-reactive ketones (excluding diaryl/α,β-unsaturated/α-hetero) is 1. The number of hydrogen-bond donors (Lipinski definition) is 3. The topological polar surface area (TPSA) is 86.9 Å². The normalized spacial score (nSPS) is 15.8. The monoisotopic (exact) mass is 374 g/mol. The maximum absolute atomic E-state index is 13.0. The Morgan fingerprint density at radius 1 is 1.14 bits per heavy atom. The van der Waals surface area contributed by atoms with Gasteiger partial charge in [0.1, 0.15) is 0 Å². The van der Waals surface area contributed by atoms with Gasteiger partial charge in [-0.25, -0.2) is 0 Å². The number of carbonyl (C=O) groups is 2. The van der Waals surface area contributed by atoms with Gasteiger partial charge in [0.05, 0.1) is 22.9 Å². The standard InChI is InChI=1S/C22H22N4O2/c1-2-24-22(28)15-12-17-19(18(27)13-15)21(25-16-6-4-3-5-7-16)20(26-17)14-8-10-23-11-9-14/h3-11,15,25-26H,2,12-13H2,1H3,(H,24,28). The highest BCUT2D eigenvalue weighted by atomic mass is 16.2.